The van der Waals surface area contributed by atoms with Crippen LogP contribution in [-0.2, 0) is 21.4 Å². The Bertz CT molecular complexity index is 901. The molecule has 0 radical (unpaired) electrons. The molecule has 0 aromatic heterocycles. The van der Waals surface area contributed by atoms with Crippen LogP contribution in [-0.4, -0.2) is 33.2 Å². The normalized spacial score (nSPS) is 12.3. The summed E-state index contributed by atoms with van der Waals surface area (Å²) in [4.78, 5) is 12.8. The number of nitrogens with zero attached hydrogens (tertiary/aromatic N) is 1. The standard InChI is InChI=1S/C20H25FN2O4S/c1-4-19(23(28(3,25)26)17-11-9-16(21)10-12-17)20(24)22-14-15-7-6-8-18(13-15)27-5-2/h6-13,19H,4-5,14H2,1-3H3,(H,22,24)/t19-/m0/s1. The van der Waals surface area contributed by atoms with Crippen molar-refractivity contribution >= 4 is 21.6 Å². The average Bonchev–Trinajstić information content (AvgIpc) is 2.65. The van der Waals surface area contributed by atoms with Crippen LogP contribution in [0.3, 0.4) is 0 Å². The summed E-state index contributed by atoms with van der Waals surface area (Å²) in [6.07, 6.45) is 1.28. The van der Waals surface area contributed by atoms with E-state index in [-0.39, 0.29) is 18.7 Å². The summed E-state index contributed by atoms with van der Waals surface area (Å²) >= 11 is 0. The lowest BCUT2D eigenvalue weighted by Gasteiger charge is -2.30. The minimum Gasteiger partial charge on any atom is -0.494 e. The summed E-state index contributed by atoms with van der Waals surface area (Å²) in [7, 11) is -3.75. The Balaban J connectivity index is 2.19. The summed E-state index contributed by atoms with van der Waals surface area (Å²) in [5, 5.41) is 2.78. The highest BCUT2D eigenvalue weighted by Gasteiger charge is 2.31. The van der Waals surface area contributed by atoms with Crippen molar-refractivity contribution in [2.75, 3.05) is 17.2 Å². The van der Waals surface area contributed by atoms with Crippen molar-refractivity contribution in [3.63, 3.8) is 0 Å². The Morgan fingerprint density at radius 1 is 1.18 bits per heavy atom. The molecule has 2 aromatic carbocycles. The first-order chi connectivity index (χ1) is 13.3. The van der Waals surface area contributed by atoms with Gasteiger partial charge in [-0.25, -0.2) is 12.8 Å². The lowest BCUT2D eigenvalue weighted by atomic mass is 10.1. The third-order valence-corrected chi connectivity index (χ3v) is 5.27. The van der Waals surface area contributed by atoms with E-state index in [0.717, 1.165) is 28.3 Å². The fourth-order valence-corrected chi connectivity index (χ4v) is 4.08. The van der Waals surface area contributed by atoms with Crippen LogP contribution in [0.2, 0.25) is 0 Å². The molecule has 0 saturated carbocycles. The maximum atomic E-state index is 13.2. The van der Waals surface area contributed by atoms with Crippen LogP contribution in [0.4, 0.5) is 10.1 Å². The van der Waals surface area contributed by atoms with E-state index in [1.54, 1.807) is 6.92 Å². The van der Waals surface area contributed by atoms with E-state index >= 15 is 0 Å². The van der Waals surface area contributed by atoms with Gasteiger partial charge in [-0.05, 0) is 55.3 Å². The van der Waals surface area contributed by atoms with Crippen LogP contribution >= 0.6 is 0 Å². The summed E-state index contributed by atoms with van der Waals surface area (Å²) in [5.74, 6) is -0.215. The molecule has 0 aliphatic heterocycles. The van der Waals surface area contributed by atoms with Gasteiger partial charge in [0.05, 0.1) is 18.6 Å². The number of halogens is 1. The lowest BCUT2D eigenvalue weighted by Crippen LogP contribution is -2.49. The van der Waals surface area contributed by atoms with Gasteiger partial charge in [0.2, 0.25) is 15.9 Å². The molecule has 8 heteroatoms. The van der Waals surface area contributed by atoms with E-state index in [9.17, 15) is 17.6 Å². The molecule has 0 fully saturated rings. The van der Waals surface area contributed by atoms with E-state index in [1.165, 1.54) is 12.1 Å². The minimum absolute atomic E-state index is 0.233. The summed E-state index contributed by atoms with van der Waals surface area (Å²) in [6, 6.07) is 11.4. The van der Waals surface area contributed by atoms with Gasteiger partial charge in [-0.2, -0.15) is 0 Å². The molecule has 1 N–H and O–H groups in total. The number of hydrogen-bond donors (Lipinski definition) is 1. The van der Waals surface area contributed by atoms with Crippen molar-refractivity contribution in [3.8, 4) is 5.75 Å². The van der Waals surface area contributed by atoms with Crippen LogP contribution in [0, 0.1) is 5.82 Å². The largest absolute Gasteiger partial charge is 0.494 e. The zero-order chi connectivity index (χ0) is 20.7. The molecule has 2 aromatic rings. The molecule has 0 bridgehead atoms. The smallest absolute Gasteiger partial charge is 0.244 e. The molecule has 1 atom stereocenters. The van der Waals surface area contributed by atoms with Gasteiger partial charge in [-0.15, -0.1) is 0 Å². The molecule has 0 aliphatic rings. The predicted octanol–water partition coefficient (Wildman–Crippen LogP) is 3.09. The SMILES string of the molecule is CCOc1cccc(CNC(=O)[C@H](CC)N(c2ccc(F)cc2)S(C)(=O)=O)c1. The Hall–Kier alpha value is -2.61. The van der Waals surface area contributed by atoms with Gasteiger partial charge in [0, 0.05) is 6.54 Å². The molecule has 0 saturated heterocycles. The van der Waals surface area contributed by atoms with Gasteiger partial charge in [0.15, 0.2) is 0 Å². The Kier molecular flexibility index (Phi) is 7.39. The summed E-state index contributed by atoms with van der Waals surface area (Å²) in [5.41, 5.74) is 1.08. The summed E-state index contributed by atoms with van der Waals surface area (Å²) < 4.78 is 44.4. The van der Waals surface area contributed by atoms with Crippen molar-refractivity contribution in [1.29, 1.82) is 0 Å². The topological polar surface area (TPSA) is 75.7 Å². The second kappa shape index (κ2) is 9.54. The Morgan fingerprint density at radius 2 is 1.86 bits per heavy atom. The molecule has 0 aliphatic carbocycles. The monoisotopic (exact) mass is 408 g/mol. The first-order valence-electron chi connectivity index (χ1n) is 9.00. The maximum Gasteiger partial charge on any atom is 0.244 e. The molecule has 152 valence electrons. The third-order valence-electron chi connectivity index (χ3n) is 4.09. The van der Waals surface area contributed by atoms with Gasteiger partial charge in [0.1, 0.15) is 17.6 Å². The number of carbonyl (C=O) groups is 1. The zero-order valence-electron chi connectivity index (χ0n) is 16.2. The Labute approximate surface area is 165 Å². The van der Waals surface area contributed by atoms with E-state index in [1.807, 2.05) is 31.2 Å². The number of sulfonamides is 1. The van der Waals surface area contributed by atoms with Gasteiger partial charge in [0.25, 0.3) is 0 Å². The highest BCUT2D eigenvalue weighted by molar-refractivity contribution is 7.92. The van der Waals surface area contributed by atoms with Crippen molar-refractivity contribution < 1.29 is 22.3 Å². The van der Waals surface area contributed by atoms with Gasteiger partial charge >= 0.3 is 0 Å². The van der Waals surface area contributed by atoms with Crippen LogP contribution in [0.5, 0.6) is 5.75 Å². The zero-order valence-corrected chi connectivity index (χ0v) is 17.0. The molecular formula is C20H25FN2O4S. The number of ether oxygens (including phenoxy) is 1. The molecule has 6 nitrogen and oxygen atoms in total. The maximum absolute atomic E-state index is 13.2. The molecule has 0 spiro atoms. The number of carbonyl (C=O) groups excluding carboxylic acids is 1. The van der Waals surface area contributed by atoms with Crippen molar-refractivity contribution in [2.45, 2.75) is 32.9 Å². The number of rotatable bonds is 9. The van der Waals surface area contributed by atoms with E-state index in [0.29, 0.717) is 12.4 Å². The fourth-order valence-electron chi connectivity index (χ4n) is 2.87. The number of anilines is 1. The Morgan fingerprint density at radius 3 is 2.43 bits per heavy atom. The van der Waals surface area contributed by atoms with E-state index < -0.39 is 27.8 Å². The quantitative estimate of drug-likeness (QED) is 0.692. The lowest BCUT2D eigenvalue weighted by molar-refractivity contribution is -0.122. The number of amides is 1. The highest BCUT2D eigenvalue weighted by atomic mass is 32.2. The predicted molar refractivity (Wildman–Crippen MR) is 107 cm³/mol. The van der Waals surface area contributed by atoms with Crippen molar-refractivity contribution in [2.24, 2.45) is 0 Å². The molecule has 0 unspecified atom stereocenters. The minimum atomic E-state index is -3.75. The average molecular weight is 408 g/mol. The van der Waals surface area contributed by atoms with Gasteiger partial charge < -0.3 is 10.1 Å². The highest BCUT2D eigenvalue weighted by Crippen LogP contribution is 2.23. The van der Waals surface area contributed by atoms with Crippen LogP contribution in [0.15, 0.2) is 48.5 Å². The number of benzene rings is 2. The first-order valence-corrected chi connectivity index (χ1v) is 10.9. The van der Waals surface area contributed by atoms with Crippen LogP contribution in [0.25, 0.3) is 0 Å². The second-order valence-electron chi connectivity index (χ2n) is 6.26. The first kappa shape index (κ1) is 21.7. The van der Waals surface area contributed by atoms with E-state index in [2.05, 4.69) is 5.32 Å². The van der Waals surface area contributed by atoms with Gasteiger partial charge in [-0.1, -0.05) is 19.1 Å². The molecule has 28 heavy (non-hydrogen) atoms. The van der Waals surface area contributed by atoms with Crippen molar-refractivity contribution in [1.82, 2.24) is 5.32 Å². The molecule has 1 amide bonds. The number of hydrogen-bond acceptors (Lipinski definition) is 4. The molecule has 0 heterocycles. The van der Waals surface area contributed by atoms with Crippen molar-refractivity contribution in [3.05, 3.63) is 59.9 Å². The van der Waals surface area contributed by atoms with Crippen LogP contribution in [0.1, 0.15) is 25.8 Å². The van der Waals surface area contributed by atoms with Crippen LogP contribution < -0.4 is 14.4 Å². The number of nitrogens with one attached hydrogen (secondary N) is 1. The third kappa shape index (κ3) is 5.69. The second-order valence-corrected chi connectivity index (χ2v) is 8.12. The molecule has 2 rings (SSSR count). The fraction of sp³-hybridized carbons (Fsp3) is 0.350. The molecular weight excluding hydrogens is 383 g/mol. The van der Waals surface area contributed by atoms with E-state index in [4.69, 9.17) is 4.74 Å². The van der Waals surface area contributed by atoms with Gasteiger partial charge in [-0.3, -0.25) is 9.10 Å². The summed E-state index contributed by atoms with van der Waals surface area (Å²) in [6.45, 7) is 4.38.